The highest BCUT2D eigenvalue weighted by Crippen LogP contribution is 1.74. The molecule has 0 aliphatic rings. The quantitative estimate of drug-likeness (QED) is 0.484. The number of rotatable bonds is 1. The van der Waals surface area contributed by atoms with E-state index in [2.05, 4.69) is 17.2 Å². The van der Waals surface area contributed by atoms with Crippen LogP contribution in [0.2, 0.25) is 0 Å². The number of aliphatic hydroxyl groups is 1. The molecule has 0 saturated carbocycles. The Kier molecular flexibility index (Phi) is 4.34. The summed E-state index contributed by atoms with van der Waals surface area (Å²) in [5.74, 6) is 4.12. The van der Waals surface area contributed by atoms with Gasteiger partial charge in [-0.15, -0.1) is 0 Å². The van der Waals surface area contributed by atoms with E-state index in [-0.39, 0.29) is 18.6 Å². The summed E-state index contributed by atoms with van der Waals surface area (Å²) in [6.45, 7) is 3.42. The fraction of sp³-hybridized carbons (Fsp3) is 0.571. The molecule has 0 heterocycles. The van der Waals surface area contributed by atoms with Gasteiger partial charge < -0.3 is 10.4 Å². The van der Waals surface area contributed by atoms with Gasteiger partial charge in [-0.1, -0.05) is 5.92 Å². The number of carbonyl (C=O) groups excluding carboxylic acids is 1. The summed E-state index contributed by atoms with van der Waals surface area (Å²) < 4.78 is 0. The second-order valence-corrected chi connectivity index (χ2v) is 2.09. The zero-order chi connectivity index (χ0) is 7.98. The van der Waals surface area contributed by atoms with Crippen molar-refractivity contribution in [1.29, 1.82) is 0 Å². The Morgan fingerprint density at radius 1 is 1.70 bits per heavy atom. The average Bonchev–Trinajstić information content (AvgIpc) is 1.82. The number of amides is 1. The van der Waals surface area contributed by atoms with E-state index in [1.54, 1.807) is 0 Å². The van der Waals surface area contributed by atoms with E-state index in [0.717, 1.165) is 0 Å². The summed E-state index contributed by atoms with van der Waals surface area (Å²) in [6.07, 6.45) is 0. The summed E-state index contributed by atoms with van der Waals surface area (Å²) in [6, 6.07) is 0.0977. The standard InChI is InChI=1S/C7H11NO2/c1-6(2)8-7(10)4-3-5-9/h6,9H,5H2,1-2H3,(H,8,10). The van der Waals surface area contributed by atoms with E-state index in [0.29, 0.717) is 0 Å². The molecule has 2 N–H and O–H groups in total. The highest BCUT2D eigenvalue weighted by Gasteiger charge is 1.95. The van der Waals surface area contributed by atoms with E-state index >= 15 is 0 Å². The lowest BCUT2D eigenvalue weighted by Gasteiger charge is -2.01. The molecule has 3 nitrogen and oxygen atoms in total. The molecule has 0 aromatic heterocycles. The van der Waals surface area contributed by atoms with Crippen molar-refractivity contribution in [2.24, 2.45) is 0 Å². The van der Waals surface area contributed by atoms with E-state index in [9.17, 15) is 4.79 Å². The highest BCUT2D eigenvalue weighted by molar-refractivity contribution is 5.93. The minimum Gasteiger partial charge on any atom is -0.384 e. The fourth-order valence-corrected chi connectivity index (χ4v) is 0.418. The van der Waals surface area contributed by atoms with Crippen LogP contribution >= 0.6 is 0 Å². The molecule has 0 aromatic rings. The van der Waals surface area contributed by atoms with Gasteiger partial charge in [0.2, 0.25) is 0 Å². The first-order chi connectivity index (χ1) is 4.66. The van der Waals surface area contributed by atoms with Gasteiger partial charge >= 0.3 is 0 Å². The van der Waals surface area contributed by atoms with Crippen molar-refractivity contribution >= 4 is 5.91 Å². The monoisotopic (exact) mass is 141 g/mol. The van der Waals surface area contributed by atoms with Crippen LogP contribution in [0, 0.1) is 11.8 Å². The Balaban J connectivity index is 3.64. The number of carbonyl (C=O) groups is 1. The Labute approximate surface area is 60.4 Å². The molecule has 1 amide bonds. The molecular formula is C7H11NO2. The van der Waals surface area contributed by atoms with Gasteiger partial charge in [-0.25, -0.2) is 0 Å². The third-order valence-corrected chi connectivity index (χ3v) is 0.701. The smallest absolute Gasteiger partial charge is 0.296 e. The van der Waals surface area contributed by atoms with Crippen molar-refractivity contribution in [3.63, 3.8) is 0 Å². The molecule has 0 aliphatic carbocycles. The van der Waals surface area contributed by atoms with Gasteiger partial charge in [-0.3, -0.25) is 4.79 Å². The Bertz CT molecular complexity index is 164. The SMILES string of the molecule is CC(C)NC(=O)C#CCO. The molecule has 3 heteroatoms. The maximum Gasteiger partial charge on any atom is 0.296 e. The van der Waals surface area contributed by atoms with Crippen LogP contribution in [0.15, 0.2) is 0 Å². The van der Waals surface area contributed by atoms with Crippen molar-refractivity contribution < 1.29 is 9.90 Å². The van der Waals surface area contributed by atoms with Crippen LogP contribution in [0.4, 0.5) is 0 Å². The first-order valence-electron chi connectivity index (χ1n) is 3.07. The summed E-state index contributed by atoms with van der Waals surface area (Å²) in [4.78, 5) is 10.6. The minimum atomic E-state index is -0.343. The number of aliphatic hydroxyl groups excluding tert-OH is 1. The summed E-state index contributed by atoms with van der Waals surface area (Å²) in [5.41, 5.74) is 0. The number of hydrogen-bond donors (Lipinski definition) is 2. The Morgan fingerprint density at radius 2 is 2.30 bits per heavy atom. The summed E-state index contributed by atoms with van der Waals surface area (Å²) >= 11 is 0. The number of nitrogens with one attached hydrogen (secondary N) is 1. The van der Waals surface area contributed by atoms with Crippen LogP contribution in [-0.4, -0.2) is 23.7 Å². The van der Waals surface area contributed by atoms with Crippen LogP contribution in [-0.2, 0) is 4.79 Å². The van der Waals surface area contributed by atoms with Crippen LogP contribution in [0.25, 0.3) is 0 Å². The second kappa shape index (κ2) is 4.83. The molecule has 0 atom stereocenters. The molecule has 56 valence electrons. The van der Waals surface area contributed by atoms with Gasteiger partial charge in [-0.2, -0.15) is 0 Å². The Morgan fingerprint density at radius 3 is 2.70 bits per heavy atom. The molecule has 0 radical (unpaired) electrons. The van der Waals surface area contributed by atoms with Crippen molar-refractivity contribution in [3.05, 3.63) is 0 Å². The van der Waals surface area contributed by atoms with E-state index in [1.165, 1.54) is 0 Å². The van der Waals surface area contributed by atoms with Gasteiger partial charge in [0.25, 0.3) is 5.91 Å². The van der Waals surface area contributed by atoms with Crippen LogP contribution in [0.3, 0.4) is 0 Å². The van der Waals surface area contributed by atoms with Crippen LogP contribution in [0.5, 0.6) is 0 Å². The predicted octanol–water partition coefficient (Wildman–Crippen LogP) is -0.493. The molecule has 0 aromatic carbocycles. The van der Waals surface area contributed by atoms with E-state index < -0.39 is 0 Å². The molecular weight excluding hydrogens is 130 g/mol. The van der Waals surface area contributed by atoms with Crippen molar-refractivity contribution in [1.82, 2.24) is 5.32 Å². The third kappa shape index (κ3) is 5.13. The predicted molar refractivity (Wildman–Crippen MR) is 38.1 cm³/mol. The topological polar surface area (TPSA) is 49.3 Å². The van der Waals surface area contributed by atoms with Gasteiger partial charge in [0.15, 0.2) is 0 Å². The first-order valence-corrected chi connectivity index (χ1v) is 3.07. The maximum absolute atomic E-state index is 10.6. The van der Waals surface area contributed by atoms with Crippen molar-refractivity contribution in [3.8, 4) is 11.8 Å². The minimum absolute atomic E-state index is 0.0977. The van der Waals surface area contributed by atoms with Crippen molar-refractivity contribution in [2.75, 3.05) is 6.61 Å². The summed E-state index contributed by atoms with van der Waals surface area (Å²) in [7, 11) is 0. The van der Waals surface area contributed by atoms with Gasteiger partial charge in [0.1, 0.15) is 6.61 Å². The molecule has 10 heavy (non-hydrogen) atoms. The lowest BCUT2D eigenvalue weighted by Crippen LogP contribution is -2.28. The first kappa shape index (κ1) is 8.99. The zero-order valence-corrected chi connectivity index (χ0v) is 6.14. The zero-order valence-electron chi connectivity index (χ0n) is 6.14. The van der Waals surface area contributed by atoms with Gasteiger partial charge in [0, 0.05) is 6.04 Å². The summed E-state index contributed by atoms with van der Waals surface area (Å²) in [5, 5.41) is 10.7. The third-order valence-electron chi connectivity index (χ3n) is 0.701. The molecule has 0 aliphatic heterocycles. The number of hydrogen-bond acceptors (Lipinski definition) is 2. The highest BCUT2D eigenvalue weighted by atomic mass is 16.2. The lowest BCUT2D eigenvalue weighted by atomic mass is 10.4. The van der Waals surface area contributed by atoms with Gasteiger partial charge in [-0.05, 0) is 19.8 Å². The van der Waals surface area contributed by atoms with Crippen LogP contribution < -0.4 is 5.32 Å². The lowest BCUT2D eigenvalue weighted by molar-refractivity contribution is -0.116. The average molecular weight is 141 g/mol. The van der Waals surface area contributed by atoms with E-state index in [4.69, 9.17) is 5.11 Å². The largest absolute Gasteiger partial charge is 0.384 e. The second-order valence-electron chi connectivity index (χ2n) is 2.09. The molecule has 0 unspecified atom stereocenters. The maximum atomic E-state index is 10.6. The molecule has 0 rings (SSSR count). The molecule has 0 fully saturated rings. The van der Waals surface area contributed by atoms with Crippen LogP contribution in [0.1, 0.15) is 13.8 Å². The molecule has 0 spiro atoms. The van der Waals surface area contributed by atoms with Crippen molar-refractivity contribution in [2.45, 2.75) is 19.9 Å². The fourth-order valence-electron chi connectivity index (χ4n) is 0.418. The van der Waals surface area contributed by atoms with Gasteiger partial charge in [0.05, 0.1) is 0 Å². The molecule has 0 bridgehead atoms. The molecule has 0 saturated heterocycles. The van der Waals surface area contributed by atoms with E-state index in [1.807, 2.05) is 13.8 Å². The Hall–Kier alpha value is -1.01. The normalized spacial score (nSPS) is 8.40.